The van der Waals surface area contributed by atoms with E-state index < -0.39 is 0 Å². The van der Waals surface area contributed by atoms with Crippen molar-refractivity contribution in [3.05, 3.63) is 28.8 Å². The van der Waals surface area contributed by atoms with Gasteiger partial charge in [0.05, 0.1) is 0 Å². The standard InChI is InChI=1S/C11H15ClN2/c12-9-3-4-11(13)10(6-9)8-2-1-5-14-7-8/h3-4,6,8,14H,1-2,5,7,13H2. The van der Waals surface area contributed by atoms with Gasteiger partial charge in [-0.05, 0) is 49.1 Å². The minimum absolute atomic E-state index is 0.530. The molecule has 0 spiro atoms. The lowest BCUT2D eigenvalue weighted by atomic mass is 9.90. The average molecular weight is 211 g/mol. The maximum atomic E-state index is 5.96. The first-order valence-electron chi connectivity index (χ1n) is 5.03. The third-order valence-corrected chi connectivity index (χ3v) is 3.02. The van der Waals surface area contributed by atoms with Gasteiger partial charge in [-0.25, -0.2) is 0 Å². The Kier molecular flexibility index (Phi) is 2.94. The van der Waals surface area contributed by atoms with E-state index in [1.54, 1.807) is 0 Å². The number of rotatable bonds is 1. The van der Waals surface area contributed by atoms with Gasteiger partial charge < -0.3 is 11.1 Å². The molecule has 3 heteroatoms. The van der Waals surface area contributed by atoms with Gasteiger partial charge in [-0.15, -0.1) is 0 Å². The van der Waals surface area contributed by atoms with Crippen LogP contribution >= 0.6 is 11.6 Å². The maximum absolute atomic E-state index is 5.96. The summed E-state index contributed by atoms with van der Waals surface area (Å²) in [5.41, 5.74) is 8.00. The minimum Gasteiger partial charge on any atom is -0.398 e. The summed E-state index contributed by atoms with van der Waals surface area (Å²) < 4.78 is 0. The summed E-state index contributed by atoms with van der Waals surface area (Å²) >= 11 is 5.96. The number of hydrogen-bond donors (Lipinski definition) is 2. The highest BCUT2D eigenvalue weighted by Crippen LogP contribution is 2.29. The monoisotopic (exact) mass is 210 g/mol. The third-order valence-electron chi connectivity index (χ3n) is 2.79. The fourth-order valence-electron chi connectivity index (χ4n) is 2.02. The van der Waals surface area contributed by atoms with Crippen LogP contribution in [0.2, 0.25) is 5.02 Å². The lowest BCUT2D eigenvalue weighted by molar-refractivity contribution is 0.462. The predicted octanol–water partition coefficient (Wildman–Crippen LogP) is 2.39. The second-order valence-electron chi connectivity index (χ2n) is 3.82. The normalized spacial score (nSPS) is 22.2. The van der Waals surface area contributed by atoms with Gasteiger partial charge in [0.1, 0.15) is 0 Å². The molecule has 2 nitrogen and oxygen atoms in total. The van der Waals surface area contributed by atoms with Crippen molar-refractivity contribution >= 4 is 17.3 Å². The Balaban J connectivity index is 2.24. The topological polar surface area (TPSA) is 38.0 Å². The zero-order chi connectivity index (χ0) is 9.97. The number of nitrogens with two attached hydrogens (primary N) is 1. The van der Waals surface area contributed by atoms with Crippen molar-refractivity contribution in [3.63, 3.8) is 0 Å². The Morgan fingerprint density at radius 1 is 1.43 bits per heavy atom. The van der Waals surface area contributed by atoms with Crippen molar-refractivity contribution in [3.8, 4) is 0 Å². The Labute approximate surface area is 89.4 Å². The van der Waals surface area contributed by atoms with Crippen LogP contribution in [0.15, 0.2) is 18.2 Å². The lowest BCUT2D eigenvalue weighted by Gasteiger charge is -2.24. The first-order valence-corrected chi connectivity index (χ1v) is 5.41. The molecule has 1 aromatic carbocycles. The Bertz CT molecular complexity index is 319. The zero-order valence-electron chi connectivity index (χ0n) is 8.09. The van der Waals surface area contributed by atoms with Crippen molar-refractivity contribution in [1.29, 1.82) is 0 Å². The van der Waals surface area contributed by atoms with Crippen LogP contribution in [0.5, 0.6) is 0 Å². The van der Waals surface area contributed by atoms with Crippen molar-refractivity contribution < 1.29 is 0 Å². The molecule has 0 bridgehead atoms. The molecule has 14 heavy (non-hydrogen) atoms. The second-order valence-corrected chi connectivity index (χ2v) is 4.25. The molecular formula is C11H15ClN2. The van der Waals surface area contributed by atoms with Gasteiger partial charge >= 0.3 is 0 Å². The number of anilines is 1. The van der Waals surface area contributed by atoms with E-state index in [1.165, 1.54) is 18.4 Å². The van der Waals surface area contributed by atoms with Crippen LogP contribution in [0.3, 0.4) is 0 Å². The third kappa shape index (κ3) is 2.02. The van der Waals surface area contributed by atoms with Crippen LogP contribution in [0.1, 0.15) is 24.3 Å². The van der Waals surface area contributed by atoms with E-state index in [1.807, 2.05) is 18.2 Å². The predicted molar refractivity (Wildman–Crippen MR) is 60.7 cm³/mol. The van der Waals surface area contributed by atoms with Gasteiger partial charge in [0.25, 0.3) is 0 Å². The highest BCUT2D eigenvalue weighted by atomic mass is 35.5. The zero-order valence-corrected chi connectivity index (χ0v) is 8.85. The summed E-state index contributed by atoms with van der Waals surface area (Å²) in [6.07, 6.45) is 2.42. The van der Waals surface area contributed by atoms with Crippen molar-refractivity contribution in [1.82, 2.24) is 5.32 Å². The van der Waals surface area contributed by atoms with Crippen LogP contribution in [-0.2, 0) is 0 Å². The molecule has 1 heterocycles. The summed E-state index contributed by atoms with van der Waals surface area (Å²) in [6, 6.07) is 5.73. The molecule has 1 saturated heterocycles. The Morgan fingerprint density at radius 3 is 3.00 bits per heavy atom. The summed E-state index contributed by atoms with van der Waals surface area (Å²) in [5, 5.41) is 4.16. The molecule has 1 aliphatic heterocycles. The first kappa shape index (κ1) is 9.81. The number of nitrogens with one attached hydrogen (secondary N) is 1. The molecule has 0 radical (unpaired) electrons. The van der Waals surface area contributed by atoms with Crippen molar-refractivity contribution in [2.45, 2.75) is 18.8 Å². The molecule has 2 rings (SSSR count). The van der Waals surface area contributed by atoms with Gasteiger partial charge in [-0.3, -0.25) is 0 Å². The number of piperidine rings is 1. The number of nitrogen functional groups attached to an aromatic ring is 1. The van der Waals surface area contributed by atoms with Crippen molar-refractivity contribution in [2.75, 3.05) is 18.8 Å². The van der Waals surface area contributed by atoms with Gasteiger partial charge in [0.15, 0.2) is 0 Å². The van der Waals surface area contributed by atoms with Gasteiger partial charge in [0.2, 0.25) is 0 Å². The fourth-order valence-corrected chi connectivity index (χ4v) is 2.20. The molecule has 76 valence electrons. The molecule has 1 aromatic rings. The summed E-state index contributed by atoms with van der Waals surface area (Å²) in [6.45, 7) is 2.14. The quantitative estimate of drug-likeness (QED) is 0.699. The van der Waals surface area contributed by atoms with E-state index in [4.69, 9.17) is 17.3 Å². The fraction of sp³-hybridized carbons (Fsp3) is 0.455. The van der Waals surface area contributed by atoms with E-state index in [0.717, 1.165) is 23.8 Å². The average Bonchev–Trinajstić information content (AvgIpc) is 2.23. The highest BCUT2D eigenvalue weighted by Gasteiger charge is 2.17. The molecule has 0 amide bonds. The summed E-state index contributed by atoms with van der Waals surface area (Å²) in [5.74, 6) is 0.530. The molecule has 1 fully saturated rings. The first-order chi connectivity index (χ1) is 6.77. The Morgan fingerprint density at radius 2 is 2.29 bits per heavy atom. The number of hydrogen-bond acceptors (Lipinski definition) is 2. The van der Waals surface area contributed by atoms with Crippen LogP contribution in [-0.4, -0.2) is 13.1 Å². The van der Waals surface area contributed by atoms with Crippen LogP contribution in [0.25, 0.3) is 0 Å². The molecule has 1 aliphatic rings. The molecule has 0 aliphatic carbocycles. The van der Waals surface area contributed by atoms with E-state index in [2.05, 4.69) is 5.32 Å². The molecular weight excluding hydrogens is 196 g/mol. The SMILES string of the molecule is Nc1ccc(Cl)cc1C1CCCNC1. The van der Waals surface area contributed by atoms with Gasteiger partial charge in [-0.2, -0.15) is 0 Å². The molecule has 0 aromatic heterocycles. The van der Waals surface area contributed by atoms with Crippen molar-refractivity contribution in [2.24, 2.45) is 0 Å². The van der Waals surface area contributed by atoms with Crippen LogP contribution < -0.4 is 11.1 Å². The summed E-state index contributed by atoms with van der Waals surface area (Å²) in [7, 11) is 0. The lowest BCUT2D eigenvalue weighted by Crippen LogP contribution is -2.28. The molecule has 1 atom stereocenters. The van der Waals surface area contributed by atoms with Crippen LogP contribution in [0.4, 0.5) is 5.69 Å². The number of halogens is 1. The highest BCUT2D eigenvalue weighted by molar-refractivity contribution is 6.30. The van der Waals surface area contributed by atoms with E-state index in [0.29, 0.717) is 5.92 Å². The minimum atomic E-state index is 0.530. The van der Waals surface area contributed by atoms with E-state index in [-0.39, 0.29) is 0 Å². The van der Waals surface area contributed by atoms with Gasteiger partial charge in [0, 0.05) is 17.3 Å². The largest absolute Gasteiger partial charge is 0.398 e. The molecule has 1 unspecified atom stereocenters. The van der Waals surface area contributed by atoms with Gasteiger partial charge in [-0.1, -0.05) is 11.6 Å². The van der Waals surface area contributed by atoms with E-state index in [9.17, 15) is 0 Å². The number of benzene rings is 1. The van der Waals surface area contributed by atoms with E-state index >= 15 is 0 Å². The Hall–Kier alpha value is -0.730. The summed E-state index contributed by atoms with van der Waals surface area (Å²) in [4.78, 5) is 0. The maximum Gasteiger partial charge on any atom is 0.0410 e. The molecule has 3 N–H and O–H groups in total. The van der Waals surface area contributed by atoms with Crippen LogP contribution in [0, 0.1) is 0 Å². The smallest absolute Gasteiger partial charge is 0.0410 e. The molecule has 0 saturated carbocycles. The second kappa shape index (κ2) is 4.20.